The topological polar surface area (TPSA) is 247 Å². The maximum atomic E-state index is 13.5. The van der Waals surface area contributed by atoms with Crippen LogP contribution < -0.4 is 26.6 Å². The molecule has 0 spiro atoms. The number of aliphatic hydroxyl groups is 2. The number of nitrogens with one attached hydrogen (secondary N) is 5. The molecule has 16 heteroatoms. The van der Waals surface area contributed by atoms with Crippen LogP contribution in [-0.2, 0) is 35.2 Å². The summed E-state index contributed by atoms with van der Waals surface area (Å²) < 4.78 is 0. The van der Waals surface area contributed by atoms with Crippen LogP contribution in [0.15, 0.2) is 24.3 Å². The van der Waals surface area contributed by atoms with Crippen molar-refractivity contribution in [2.24, 2.45) is 0 Å². The summed E-state index contributed by atoms with van der Waals surface area (Å²) in [6, 6.07) is -1.04. The summed E-state index contributed by atoms with van der Waals surface area (Å²) in [5, 5.41) is 51.6. The quantitative estimate of drug-likeness (QED) is 0.100. The number of phenolic OH excluding ortho intramolecular Hbond substituents is 1. The Morgan fingerprint density at radius 1 is 0.911 bits per heavy atom. The number of hydrogen-bond donors (Lipinski definition) is 9. The van der Waals surface area contributed by atoms with Crippen molar-refractivity contribution in [3.05, 3.63) is 29.8 Å². The van der Waals surface area contributed by atoms with Gasteiger partial charge in [-0.25, -0.2) is 4.79 Å². The molecule has 0 aromatic heterocycles. The number of rotatable bonds is 14. The highest BCUT2D eigenvalue weighted by atomic mass is 16.4. The van der Waals surface area contributed by atoms with Crippen LogP contribution in [0.4, 0.5) is 0 Å². The first-order chi connectivity index (χ1) is 21.3. The molecule has 5 amide bonds. The average molecular weight is 635 g/mol. The van der Waals surface area contributed by atoms with E-state index in [0.717, 1.165) is 11.3 Å². The summed E-state index contributed by atoms with van der Waals surface area (Å²) >= 11 is 0. The minimum Gasteiger partial charge on any atom is -0.508 e. The summed E-state index contributed by atoms with van der Waals surface area (Å²) in [4.78, 5) is 77.9. The number of amides is 5. The van der Waals surface area contributed by atoms with Gasteiger partial charge in [-0.15, -0.1) is 0 Å². The number of aliphatic carboxylic acids is 1. The van der Waals surface area contributed by atoms with Gasteiger partial charge in [-0.3, -0.25) is 24.0 Å². The highest BCUT2D eigenvalue weighted by Crippen LogP contribution is 2.19. The van der Waals surface area contributed by atoms with Gasteiger partial charge in [0.05, 0.1) is 18.8 Å². The standard InChI is InChI=1S/C29H42N6O10/c1-15(31-25(40)19-5-3-11-30-19)24(39)32-20(13-17-7-9-18(38)10-8-17)26(41)33-21(14-36)28(43)35-12-4-6-22(35)27(42)34-23(16(2)37)29(44)45/h7-10,15-16,19-23,30,36-38H,3-6,11-14H2,1-2H3,(H,31,40)(H,32,39)(H,33,41)(H,34,42)(H,44,45)/t15-,16+,19-,20-,21-,22-,23-/m0/s1. The van der Waals surface area contributed by atoms with Crippen molar-refractivity contribution < 1.29 is 49.2 Å². The number of carbonyl (C=O) groups excluding carboxylic acids is 5. The van der Waals surface area contributed by atoms with Crippen molar-refractivity contribution in [1.82, 2.24) is 31.5 Å². The third kappa shape index (κ3) is 9.60. The summed E-state index contributed by atoms with van der Waals surface area (Å²) in [7, 11) is 0. The largest absolute Gasteiger partial charge is 0.508 e. The molecule has 7 atom stereocenters. The Hall–Kier alpha value is -4.28. The average Bonchev–Trinajstić information content (AvgIpc) is 3.71. The van der Waals surface area contributed by atoms with E-state index in [1.165, 1.54) is 26.0 Å². The van der Waals surface area contributed by atoms with Crippen LogP contribution in [-0.4, -0.2) is 123 Å². The Balaban J connectivity index is 1.72. The summed E-state index contributed by atoms with van der Waals surface area (Å²) in [5.74, 6) is -4.94. The monoisotopic (exact) mass is 634 g/mol. The lowest BCUT2D eigenvalue weighted by Gasteiger charge is -2.30. The Labute approximate surface area is 259 Å². The van der Waals surface area contributed by atoms with Gasteiger partial charge in [-0.2, -0.15) is 0 Å². The predicted octanol–water partition coefficient (Wildman–Crippen LogP) is -2.91. The van der Waals surface area contributed by atoms with Gasteiger partial charge < -0.3 is 51.9 Å². The third-order valence-electron chi connectivity index (χ3n) is 7.82. The number of aromatic hydroxyl groups is 1. The molecule has 248 valence electrons. The minimum atomic E-state index is -1.60. The molecule has 0 radical (unpaired) electrons. The van der Waals surface area contributed by atoms with Gasteiger partial charge in [-0.1, -0.05) is 12.1 Å². The van der Waals surface area contributed by atoms with Crippen molar-refractivity contribution in [3.63, 3.8) is 0 Å². The van der Waals surface area contributed by atoms with Crippen molar-refractivity contribution in [2.45, 2.75) is 88.3 Å². The SMILES string of the molecule is C[C@H](NC(=O)[C@@H]1CCCN1)C(=O)N[C@@H](Cc1ccc(O)cc1)C(=O)N[C@@H](CO)C(=O)N1CCC[C@H]1C(=O)N[C@H](C(=O)O)[C@@H](C)O. The molecule has 2 aliphatic heterocycles. The lowest BCUT2D eigenvalue weighted by Crippen LogP contribution is -2.60. The smallest absolute Gasteiger partial charge is 0.328 e. The van der Waals surface area contributed by atoms with Gasteiger partial charge in [0.2, 0.25) is 29.5 Å². The van der Waals surface area contributed by atoms with E-state index in [0.29, 0.717) is 24.9 Å². The number of likely N-dealkylation sites (tertiary alicyclic amines) is 1. The molecule has 3 rings (SSSR count). The molecule has 0 unspecified atom stereocenters. The lowest BCUT2D eigenvalue weighted by atomic mass is 10.0. The van der Waals surface area contributed by atoms with E-state index in [1.807, 2.05) is 0 Å². The molecular weight excluding hydrogens is 592 g/mol. The summed E-state index contributed by atoms with van der Waals surface area (Å²) in [5.41, 5.74) is 0.550. The van der Waals surface area contributed by atoms with Crippen LogP contribution >= 0.6 is 0 Å². The molecule has 0 bridgehead atoms. The Kier molecular flexibility index (Phi) is 12.6. The maximum absolute atomic E-state index is 13.5. The molecule has 2 saturated heterocycles. The van der Waals surface area contributed by atoms with Gasteiger partial charge in [0.1, 0.15) is 29.9 Å². The highest BCUT2D eigenvalue weighted by molar-refractivity contribution is 5.96. The second-order valence-corrected chi connectivity index (χ2v) is 11.3. The van der Waals surface area contributed by atoms with Crippen molar-refractivity contribution >= 4 is 35.5 Å². The zero-order valence-electron chi connectivity index (χ0n) is 25.2. The Morgan fingerprint density at radius 3 is 2.16 bits per heavy atom. The van der Waals surface area contributed by atoms with Crippen LogP contribution in [0, 0.1) is 0 Å². The number of carboxylic acid groups (broad SMARTS) is 1. The van der Waals surface area contributed by atoms with E-state index in [9.17, 15) is 49.2 Å². The second-order valence-electron chi connectivity index (χ2n) is 11.3. The fourth-order valence-corrected chi connectivity index (χ4v) is 5.26. The maximum Gasteiger partial charge on any atom is 0.328 e. The van der Waals surface area contributed by atoms with E-state index in [4.69, 9.17) is 0 Å². The Bertz CT molecular complexity index is 1240. The van der Waals surface area contributed by atoms with E-state index < -0.39 is 78.6 Å². The molecule has 16 nitrogen and oxygen atoms in total. The first kappa shape index (κ1) is 35.2. The number of carboxylic acids is 1. The normalized spacial score (nSPS) is 21.1. The van der Waals surface area contributed by atoms with Crippen LogP contribution in [0.25, 0.3) is 0 Å². The van der Waals surface area contributed by atoms with Gasteiger partial charge in [0.25, 0.3) is 0 Å². The van der Waals surface area contributed by atoms with Gasteiger partial charge in [0, 0.05) is 13.0 Å². The molecule has 9 N–H and O–H groups in total. The molecule has 2 aliphatic rings. The van der Waals surface area contributed by atoms with E-state index in [2.05, 4.69) is 26.6 Å². The fourth-order valence-electron chi connectivity index (χ4n) is 5.26. The number of nitrogens with zero attached hydrogens (tertiary/aromatic N) is 1. The van der Waals surface area contributed by atoms with E-state index in [-0.39, 0.29) is 31.0 Å². The molecule has 0 saturated carbocycles. The minimum absolute atomic E-state index is 0.0149. The van der Waals surface area contributed by atoms with Crippen LogP contribution in [0.2, 0.25) is 0 Å². The van der Waals surface area contributed by atoms with E-state index >= 15 is 0 Å². The fraction of sp³-hybridized carbons (Fsp3) is 0.586. The van der Waals surface area contributed by atoms with Gasteiger partial charge in [-0.05, 0) is 63.8 Å². The molecule has 2 heterocycles. The number of carbonyl (C=O) groups is 6. The molecule has 2 fully saturated rings. The molecular formula is C29H42N6O10. The zero-order chi connectivity index (χ0) is 33.3. The second kappa shape index (κ2) is 16.2. The van der Waals surface area contributed by atoms with Crippen molar-refractivity contribution in [1.29, 1.82) is 0 Å². The van der Waals surface area contributed by atoms with Crippen LogP contribution in [0.5, 0.6) is 5.75 Å². The van der Waals surface area contributed by atoms with E-state index in [1.54, 1.807) is 12.1 Å². The summed E-state index contributed by atoms with van der Waals surface area (Å²) in [6.07, 6.45) is 0.559. The molecule has 1 aromatic rings. The zero-order valence-corrected chi connectivity index (χ0v) is 25.2. The first-order valence-electron chi connectivity index (χ1n) is 14.9. The van der Waals surface area contributed by atoms with Gasteiger partial charge >= 0.3 is 5.97 Å². The molecule has 1 aromatic carbocycles. The number of benzene rings is 1. The number of hydrogen-bond acceptors (Lipinski definition) is 10. The van der Waals surface area contributed by atoms with Crippen LogP contribution in [0.1, 0.15) is 45.1 Å². The lowest BCUT2D eigenvalue weighted by molar-refractivity contribution is -0.147. The number of phenols is 1. The predicted molar refractivity (Wildman–Crippen MR) is 157 cm³/mol. The van der Waals surface area contributed by atoms with Crippen molar-refractivity contribution in [3.8, 4) is 5.75 Å². The highest BCUT2D eigenvalue weighted by Gasteiger charge is 2.40. The van der Waals surface area contributed by atoms with Gasteiger partial charge in [0.15, 0.2) is 6.04 Å². The van der Waals surface area contributed by atoms with Crippen LogP contribution in [0.3, 0.4) is 0 Å². The molecule has 0 aliphatic carbocycles. The van der Waals surface area contributed by atoms with Crippen molar-refractivity contribution in [2.75, 3.05) is 19.7 Å². The number of aliphatic hydroxyl groups excluding tert-OH is 2. The third-order valence-corrected chi connectivity index (χ3v) is 7.82. The molecule has 45 heavy (non-hydrogen) atoms. The summed E-state index contributed by atoms with van der Waals surface area (Å²) in [6.45, 7) is 2.59. The first-order valence-corrected chi connectivity index (χ1v) is 14.9. The Morgan fingerprint density at radius 2 is 1.58 bits per heavy atom.